The smallest absolute Gasteiger partial charge is 0.230 e. The highest BCUT2D eigenvalue weighted by Crippen LogP contribution is 2.30. The van der Waals surface area contributed by atoms with Crippen LogP contribution in [-0.2, 0) is 0 Å². The third-order valence-electron chi connectivity index (χ3n) is 5.52. The topological polar surface area (TPSA) is 104 Å². The van der Waals surface area contributed by atoms with Crippen molar-refractivity contribution in [3.05, 3.63) is 43.0 Å². The van der Waals surface area contributed by atoms with Gasteiger partial charge in [-0.05, 0) is 25.1 Å². The lowest BCUT2D eigenvalue weighted by Crippen LogP contribution is -2.43. The lowest BCUT2D eigenvalue weighted by molar-refractivity contribution is 0.243. The van der Waals surface area contributed by atoms with Gasteiger partial charge in [0.15, 0.2) is 0 Å². The van der Waals surface area contributed by atoms with Crippen LogP contribution in [0, 0.1) is 0 Å². The van der Waals surface area contributed by atoms with Gasteiger partial charge in [0, 0.05) is 49.3 Å². The normalized spacial score (nSPS) is 15.6. The van der Waals surface area contributed by atoms with Crippen molar-refractivity contribution in [2.75, 3.05) is 43.0 Å². The number of aromatic nitrogens is 5. The molecule has 0 aromatic carbocycles. The molecule has 1 fully saturated rings. The Morgan fingerprint density at radius 3 is 2.73 bits per heavy atom. The summed E-state index contributed by atoms with van der Waals surface area (Å²) < 4.78 is 2.01. The second-order valence-corrected chi connectivity index (χ2v) is 7.49. The second-order valence-electron chi connectivity index (χ2n) is 7.49. The molecule has 0 bridgehead atoms. The van der Waals surface area contributed by atoms with Crippen LogP contribution < -0.4 is 15.5 Å². The lowest BCUT2D eigenvalue weighted by Gasteiger charge is -2.29. The van der Waals surface area contributed by atoms with Gasteiger partial charge in [-0.2, -0.15) is 4.98 Å². The number of fused-ring (bicyclic) bond motifs is 3. The Hall–Kier alpha value is -3.30. The van der Waals surface area contributed by atoms with E-state index in [4.69, 9.17) is 4.98 Å². The Kier molecular flexibility index (Phi) is 4.89. The lowest BCUT2D eigenvalue weighted by atomic mass is 10.2. The summed E-state index contributed by atoms with van der Waals surface area (Å²) in [7, 11) is 0. The van der Waals surface area contributed by atoms with E-state index in [1.165, 1.54) is 0 Å². The highest BCUT2D eigenvalue weighted by molar-refractivity contribution is 6.06. The van der Waals surface area contributed by atoms with E-state index in [9.17, 15) is 5.11 Å². The van der Waals surface area contributed by atoms with Gasteiger partial charge in [0.25, 0.3) is 0 Å². The number of piperazine rings is 1. The summed E-state index contributed by atoms with van der Waals surface area (Å²) in [6, 6.07) is 5.83. The van der Waals surface area contributed by atoms with Crippen molar-refractivity contribution >= 4 is 39.4 Å². The van der Waals surface area contributed by atoms with Crippen molar-refractivity contribution < 1.29 is 5.11 Å². The van der Waals surface area contributed by atoms with Crippen molar-refractivity contribution in [2.24, 2.45) is 0 Å². The Bertz CT molecular complexity index is 1170. The third-order valence-corrected chi connectivity index (χ3v) is 5.52. The highest BCUT2D eigenvalue weighted by Gasteiger charge is 2.17. The molecule has 0 unspecified atom stereocenters. The maximum atomic E-state index is 9.75. The van der Waals surface area contributed by atoms with E-state index in [0.717, 1.165) is 53.8 Å². The predicted molar refractivity (Wildman–Crippen MR) is 117 cm³/mol. The SMILES string of the molecule is C[C@H](CO)n1c2cnccc2c2cnc(Nc3ccc(N4CCNCC4)cn3)nc21. The van der Waals surface area contributed by atoms with Gasteiger partial charge in [-0.3, -0.25) is 4.98 Å². The maximum absolute atomic E-state index is 9.75. The fraction of sp³-hybridized carbons (Fsp3) is 0.333. The van der Waals surface area contributed by atoms with E-state index in [2.05, 4.69) is 36.6 Å². The fourth-order valence-corrected chi connectivity index (χ4v) is 3.94. The van der Waals surface area contributed by atoms with E-state index in [0.29, 0.717) is 11.8 Å². The van der Waals surface area contributed by atoms with E-state index >= 15 is 0 Å². The molecule has 9 heteroatoms. The quantitative estimate of drug-likeness (QED) is 0.465. The number of hydrogen-bond donors (Lipinski definition) is 3. The number of aliphatic hydroxyl groups excluding tert-OH is 1. The zero-order valence-electron chi connectivity index (χ0n) is 16.8. The van der Waals surface area contributed by atoms with Crippen LogP contribution in [-0.4, -0.2) is 62.4 Å². The summed E-state index contributed by atoms with van der Waals surface area (Å²) in [6.45, 7) is 5.91. The molecule has 1 aliphatic heterocycles. The largest absolute Gasteiger partial charge is 0.394 e. The van der Waals surface area contributed by atoms with Crippen molar-refractivity contribution in [1.82, 2.24) is 29.8 Å². The molecule has 1 atom stereocenters. The monoisotopic (exact) mass is 404 g/mol. The Morgan fingerprint density at radius 1 is 1.10 bits per heavy atom. The summed E-state index contributed by atoms with van der Waals surface area (Å²) in [4.78, 5) is 20.3. The van der Waals surface area contributed by atoms with Crippen molar-refractivity contribution in [3.63, 3.8) is 0 Å². The average Bonchev–Trinajstić information content (AvgIpc) is 3.13. The zero-order valence-corrected chi connectivity index (χ0v) is 16.8. The van der Waals surface area contributed by atoms with E-state index in [1.807, 2.05) is 36.0 Å². The van der Waals surface area contributed by atoms with E-state index < -0.39 is 0 Å². The van der Waals surface area contributed by atoms with Crippen LogP contribution in [0.2, 0.25) is 0 Å². The Labute approximate surface area is 173 Å². The van der Waals surface area contributed by atoms with E-state index in [-0.39, 0.29) is 12.6 Å². The second kappa shape index (κ2) is 7.85. The molecule has 5 rings (SSSR count). The molecular weight excluding hydrogens is 380 g/mol. The molecule has 0 spiro atoms. The van der Waals surface area contributed by atoms with Gasteiger partial charge in [0.2, 0.25) is 5.95 Å². The number of nitrogens with one attached hydrogen (secondary N) is 2. The van der Waals surface area contributed by atoms with Crippen LogP contribution >= 0.6 is 0 Å². The fourth-order valence-electron chi connectivity index (χ4n) is 3.94. The predicted octanol–water partition coefficient (Wildman–Crippen LogP) is 2.08. The van der Waals surface area contributed by atoms with Gasteiger partial charge in [-0.25, -0.2) is 9.97 Å². The molecule has 4 aromatic heterocycles. The number of anilines is 3. The molecule has 9 nitrogen and oxygen atoms in total. The Morgan fingerprint density at radius 2 is 1.97 bits per heavy atom. The molecule has 5 heterocycles. The third kappa shape index (κ3) is 3.31. The number of aliphatic hydroxyl groups is 1. The standard InChI is InChI=1S/C21H24N8O/c1-14(13-30)29-18-12-23-5-4-16(18)17-11-25-21(27-20(17)29)26-19-3-2-15(10-24-19)28-8-6-22-7-9-28/h2-5,10-12,14,22,30H,6-9,13H2,1H3,(H,24,25,26,27)/t14-/m1/s1. The van der Waals surface area contributed by atoms with Crippen molar-refractivity contribution in [3.8, 4) is 0 Å². The molecule has 0 aliphatic carbocycles. The number of pyridine rings is 2. The summed E-state index contributed by atoms with van der Waals surface area (Å²) >= 11 is 0. The number of nitrogens with zero attached hydrogens (tertiary/aromatic N) is 6. The molecule has 0 radical (unpaired) electrons. The Balaban J connectivity index is 1.47. The first-order chi connectivity index (χ1) is 14.7. The maximum Gasteiger partial charge on any atom is 0.230 e. The van der Waals surface area contributed by atoms with Crippen LogP contribution in [0.1, 0.15) is 13.0 Å². The molecule has 4 aromatic rings. The molecule has 0 saturated carbocycles. The van der Waals surface area contributed by atoms with Gasteiger partial charge in [-0.15, -0.1) is 0 Å². The van der Waals surface area contributed by atoms with Crippen LogP contribution in [0.3, 0.4) is 0 Å². The molecule has 3 N–H and O–H groups in total. The first-order valence-corrected chi connectivity index (χ1v) is 10.1. The highest BCUT2D eigenvalue weighted by atomic mass is 16.3. The van der Waals surface area contributed by atoms with Gasteiger partial charge in [0.1, 0.15) is 11.5 Å². The molecular formula is C21H24N8O. The minimum Gasteiger partial charge on any atom is -0.394 e. The number of rotatable bonds is 5. The first kappa shape index (κ1) is 18.7. The molecule has 0 amide bonds. The van der Waals surface area contributed by atoms with Crippen LogP contribution in [0.25, 0.3) is 21.9 Å². The average molecular weight is 404 g/mol. The molecule has 30 heavy (non-hydrogen) atoms. The van der Waals surface area contributed by atoms with Gasteiger partial charge >= 0.3 is 0 Å². The van der Waals surface area contributed by atoms with Gasteiger partial charge < -0.3 is 25.2 Å². The minimum atomic E-state index is -0.131. The van der Waals surface area contributed by atoms with Crippen LogP contribution in [0.15, 0.2) is 43.0 Å². The van der Waals surface area contributed by atoms with Crippen molar-refractivity contribution in [2.45, 2.75) is 13.0 Å². The molecule has 1 aliphatic rings. The van der Waals surface area contributed by atoms with Crippen LogP contribution in [0.5, 0.6) is 0 Å². The minimum absolute atomic E-state index is 0.00950. The van der Waals surface area contributed by atoms with Gasteiger partial charge in [0.05, 0.1) is 36.2 Å². The number of hydrogen-bond acceptors (Lipinski definition) is 8. The molecule has 1 saturated heterocycles. The zero-order chi connectivity index (χ0) is 20.5. The van der Waals surface area contributed by atoms with Gasteiger partial charge in [-0.1, -0.05) is 0 Å². The summed E-state index contributed by atoms with van der Waals surface area (Å²) in [5, 5.41) is 18.3. The summed E-state index contributed by atoms with van der Waals surface area (Å²) in [5.41, 5.74) is 2.80. The van der Waals surface area contributed by atoms with E-state index in [1.54, 1.807) is 12.4 Å². The summed E-state index contributed by atoms with van der Waals surface area (Å²) in [6.07, 6.45) is 7.24. The molecule has 154 valence electrons. The first-order valence-electron chi connectivity index (χ1n) is 10.1. The van der Waals surface area contributed by atoms with Crippen molar-refractivity contribution in [1.29, 1.82) is 0 Å². The summed E-state index contributed by atoms with van der Waals surface area (Å²) in [5.74, 6) is 1.15. The van der Waals surface area contributed by atoms with Crippen LogP contribution in [0.4, 0.5) is 17.5 Å².